The summed E-state index contributed by atoms with van der Waals surface area (Å²) in [4.78, 5) is 0. The lowest BCUT2D eigenvalue weighted by atomic mass is 10.1. The van der Waals surface area contributed by atoms with Crippen molar-refractivity contribution < 1.29 is 20.7 Å². The minimum absolute atomic E-state index is 0.0992. The highest BCUT2D eigenvalue weighted by Gasteiger charge is 2.35. The van der Waals surface area contributed by atoms with Gasteiger partial charge in [-0.05, 0) is 0 Å². The number of halogens is 1. The maximum absolute atomic E-state index is 12.1. The van der Waals surface area contributed by atoms with Crippen molar-refractivity contribution in [1.82, 2.24) is 4.31 Å². The van der Waals surface area contributed by atoms with Gasteiger partial charge in [-0.1, -0.05) is 0 Å². The topological polar surface area (TPSA) is 71.5 Å². The van der Waals surface area contributed by atoms with E-state index >= 15 is 0 Å². The van der Waals surface area contributed by atoms with Crippen molar-refractivity contribution in [2.24, 2.45) is 5.92 Å². The third kappa shape index (κ3) is 3.20. The Labute approximate surface area is 76.8 Å². The lowest BCUT2D eigenvalue weighted by Gasteiger charge is -2.36. The van der Waals surface area contributed by atoms with Crippen LogP contribution in [0.2, 0.25) is 0 Å². The van der Waals surface area contributed by atoms with Crippen LogP contribution in [0.5, 0.6) is 0 Å². The van der Waals surface area contributed by atoms with Crippen molar-refractivity contribution in [2.45, 2.75) is 0 Å². The van der Waals surface area contributed by atoms with Crippen molar-refractivity contribution >= 4 is 20.2 Å². The van der Waals surface area contributed by atoms with Gasteiger partial charge in [-0.3, -0.25) is 0 Å². The molecule has 78 valence electrons. The molecule has 1 rings (SSSR count). The van der Waals surface area contributed by atoms with Gasteiger partial charge in [0.05, 0.1) is 12.0 Å². The molecule has 0 aromatic rings. The Bertz CT molecular complexity index is 381. The van der Waals surface area contributed by atoms with Gasteiger partial charge in [0.2, 0.25) is 10.0 Å². The van der Waals surface area contributed by atoms with Crippen molar-refractivity contribution in [3.63, 3.8) is 0 Å². The summed E-state index contributed by atoms with van der Waals surface area (Å²) in [7, 11) is -7.71. The molecule has 0 radical (unpaired) electrons. The fourth-order valence-corrected chi connectivity index (χ4v) is 2.92. The summed E-state index contributed by atoms with van der Waals surface area (Å²) in [6.45, 7) is 0.198. The van der Waals surface area contributed by atoms with Crippen LogP contribution in [0.15, 0.2) is 0 Å². The maximum Gasteiger partial charge on any atom is 0.302 e. The number of nitrogens with zero attached hydrogens (tertiary/aromatic N) is 1. The van der Waals surface area contributed by atoms with E-state index in [0.717, 1.165) is 10.6 Å². The molecule has 0 aliphatic carbocycles. The van der Waals surface area contributed by atoms with Crippen molar-refractivity contribution in [3.8, 4) is 0 Å². The molecule has 0 N–H and O–H groups in total. The molecular weight excluding hydrogens is 221 g/mol. The average Bonchev–Trinajstić information content (AvgIpc) is 1.71. The summed E-state index contributed by atoms with van der Waals surface area (Å²) in [5, 5.41) is 0. The molecule has 1 saturated heterocycles. The summed E-state index contributed by atoms with van der Waals surface area (Å²) in [5.41, 5.74) is 0. The first-order chi connectivity index (χ1) is 5.68. The van der Waals surface area contributed by atoms with Crippen LogP contribution in [0.1, 0.15) is 0 Å². The highest BCUT2D eigenvalue weighted by molar-refractivity contribution is 7.88. The second-order valence-electron chi connectivity index (χ2n) is 3.15. The van der Waals surface area contributed by atoms with Crippen LogP contribution in [-0.4, -0.2) is 46.2 Å². The molecule has 0 unspecified atom stereocenters. The van der Waals surface area contributed by atoms with Gasteiger partial charge >= 0.3 is 10.2 Å². The minimum Gasteiger partial charge on any atom is -0.213 e. The summed E-state index contributed by atoms with van der Waals surface area (Å²) in [6.07, 6.45) is 1.03. The van der Waals surface area contributed by atoms with E-state index in [1.807, 2.05) is 0 Å². The maximum atomic E-state index is 12.1. The van der Waals surface area contributed by atoms with E-state index in [-0.39, 0.29) is 13.1 Å². The summed E-state index contributed by atoms with van der Waals surface area (Å²) >= 11 is 0. The second-order valence-corrected chi connectivity index (χ2v) is 6.54. The quantitative estimate of drug-likeness (QED) is 0.595. The zero-order valence-corrected chi connectivity index (χ0v) is 8.61. The van der Waals surface area contributed by atoms with Gasteiger partial charge in [0, 0.05) is 19.0 Å². The number of hydrogen-bond donors (Lipinski definition) is 0. The van der Waals surface area contributed by atoms with Crippen LogP contribution in [0.3, 0.4) is 0 Å². The largest absolute Gasteiger partial charge is 0.302 e. The molecule has 1 aliphatic heterocycles. The Kier molecular flexibility index (Phi) is 2.65. The molecule has 5 nitrogen and oxygen atoms in total. The van der Waals surface area contributed by atoms with E-state index in [4.69, 9.17) is 0 Å². The molecule has 0 saturated carbocycles. The highest BCUT2D eigenvalue weighted by atomic mass is 32.3. The zero-order chi connectivity index (χ0) is 10.3. The number of sulfonamides is 1. The van der Waals surface area contributed by atoms with Gasteiger partial charge in [-0.25, -0.2) is 12.7 Å². The fourth-order valence-electron chi connectivity index (χ4n) is 1.18. The fraction of sp³-hybridized carbons (Fsp3) is 1.00. The predicted octanol–water partition coefficient (Wildman–Crippen LogP) is -0.823. The second kappa shape index (κ2) is 3.18. The van der Waals surface area contributed by atoms with Crippen molar-refractivity contribution in [1.29, 1.82) is 0 Å². The van der Waals surface area contributed by atoms with E-state index in [9.17, 15) is 20.7 Å². The molecule has 0 atom stereocenters. The first-order valence-electron chi connectivity index (χ1n) is 3.56. The number of rotatable bonds is 3. The van der Waals surface area contributed by atoms with Gasteiger partial charge in [0.15, 0.2) is 0 Å². The lowest BCUT2D eigenvalue weighted by molar-refractivity contribution is 0.220. The molecule has 0 aromatic heterocycles. The van der Waals surface area contributed by atoms with E-state index in [1.165, 1.54) is 0 Å². The molecule has 8 heteroatoms. The first kappa shape index (κ1) is 10.9. The van der Waals surface area contributed by atoms with Gasteiger partial charge < -0.3 is 0 Å². The normalized spacial score (nSPS) is 21.4. The zero-order valence-electron chi connectivity index (χ0n) is 6.97. The third-order valence-electron chi connectivity index (χ3n) is 1.83. The van der Waals surface area contributed by atoms with E-state index in [1.54, 1.807) is 0 Å². The molecule has 0 aromatic carbocycles. The lowest BCUT2D eigenvalue weighted by Crippen LogP contribution is -2.51. The minimum atomic E-state index is -4.47. The van der Waals surface area contributed by atoms with Crippen LogP contribution < -0.4 is 0 Å². The van der Waals surface area contributed by atoms with E-state index in [2.05, 4.69) is 0 Å². The van der Waals surface area contributed by atoms with E-state index in [0.29, 0.717) is 0 Å². The van der Waals surface area contributed by atoms with E-state index < -0.39 is 31.9 Å². The average molecular weight is 231 g/mol. The Balaban J connectivity index is 2.44. The first-order valence-corrected chi connectivity index (χ1v) is 6.96. The predicted molar refractivity (Wildman–Crippen MR) is 44.8 cm³/mol. The Hall–Kier alpha value is -0.210. The molecule has 1 fully saturated rings. The smallest absolute Gasteiger partial charge is 0.213 e. The van der Waals surface area contributed by atoms with Crippen molar-refractivity contribution in [3.05, 3.63) is 0 Å². The summed E-state index contributed by atoms with van der Waals surface area (Å²) < 4.78 is 55.1. The van der Waals surface area contributed by atoms with Gasteiger partial charge in [0.1, 0.15) is 0 Å². The molecule has 0 amide bonds. The van der Waals surface area contributed by atoms with Crippen LogP contribution in [0.4, 0.5) is 3.89 Å². The summed E-state index contributed by atoms with van der Waals surface area (Å²) in [5.74, 6) is -0.983. The molecule has 1 heterocycles. The highest BCUT2D eigenvalue weighted by Crippen LogP contribution is 2.20. The molecular formula is C5H10FNO4S2. The molecule has 0 bridgehead atoms. The summed E-state index contributed by atoms with van der Waals surface area (Å²) in [6, 6.07) is 0. The Morgan fingerprint density at radius 1 is 1.31 bits per heavy atom. The van der Waals surface area contributed by atoms with Crippen LogP contribution >= 0.6 is 0 Å². The Morgan fingerprint density at radius 3 is 2.08 bits per heavy atom. The third-order valence-corrected chi connectivity index (χ3v) is 3.93. The monoisotopic (exact) mass is 231 g/mol. The van der Waals surface area contributed by atoms with Gasteiger partial charge in [-0.2, -0.15) is 8.42 Å². The van der Waals surface area contributed by atoms with Crippen LogP contribution in [0, 0.1) is 5.92 Å². The van der Waals surface area contributed by atoms with Crippen LogP contribution in [-0.2, 0) is 20.2 Å². The molecule has 13 heavy (non-hydrogen) atoms. The van der Waals surface area contributed by atoms with Gasteiger partial charge in [-0.15, -0.1) is 3.89 Å². The molecule has 0 spiro atoms. The van der Waals surface area contributed by atoms with Gasteiger partial charge in [0.25, 0.3) is 0 Å². The van der Waals surface area contributed by atoms with Crippen molar-refractivity contribution in [2.75, 3.05) is 25.1 Å². The Morgan fingerprint density at radius 2 is 1.77 bits per heavy atom. The van der Waals surface area contributed by atoms with Crippen LogP contribution in [0.25, 0.3) is 0 Å². The SMILES string of the molecule is CS(=O)(=O)N1CC(CS(=O)(=O)F)C1. The molecule has 1 aliphatic rings. The number of hydrogen-bond acceptors (Lipinski definition) is 4. The standard InChI is InChI=1S/C5H10FNO4S2/c1-12(8,9)7-2-5(3-7)4-13(6,10)11/h5H,2-4H2,1H3.